The number of nitrogens with zero attached hydrogens (tertiary/aromatic N) is 1. The molecular formula is C21H12ClFN2O2. The highest BCUT2D eigenvalue weighted by molar-refractivity contribution is 6.36. The number of halogens is 2. The van der Waals surface area contributed by atoms with Crippen LogP contribution in [0.4, 0.5) is 4.39 Å². The van der Waals surface area contributed by atoms with Crippen LogP contribution in [-0.4, -0.2) is 16.4 Å². The highest BCUT2D eigenvalue weighted by Gasteiger charge is 2.34. The zero-order valence-electron chi connectivity index (χ0n) is 14.1. The zero-order chi connectivity index (χ0) is 18.9. The quantitative estimate of drug-likeness (QED) is 0.489. The number of aryl methyl sites for hydroxylation is 1. The molecule has 0 fully saturated rings. The van der Waals surface area contributed by atoms with E-state index in [1.54, 1.807) is 18.2 Å². The molecule has 2 heterocycles. The first-order valence-corrected chi connectivity index (χ1v) is 8.70. The number of amides is 2. The Morgan fingerprint density at radius 1 is 0.926 bits per heavy atom. The van der Waals surface area contributed by atoms with Crippen LogP contribution >= 0.6 is 11.6 Å². The number of carbonyl (C=O) groups is 2. The van der Waals surface area contributed by atoms with Crippen LogP contribution in [0.2, 0.25) is 5.02 Å². The lowest BCUT2D eigenvalue weighted by atomic mass is 9.93. The fourth-order valence-electron chi connectivity index (χ4n) is 3.92. The van der Waals surface area contributed by atoms with Crippen molar-refractivity contribution in [3.63, 3.8) is 0 Å². The molecule has 27 heavy (non-hydrogen) atoms. The third-order valence-corrected chi connectivity index (χ3v) is 5.43. The summed E-state index contributed by atoms with van der Waals surface area (Å²) in [6, 6.07) is 13.4. The highest BCUT2D eigenvalue weighted by Crippen LogP contribution is 2.41. The van der Waals surface area contributed by atoms with Crippen LogP contribution < -0.4 is 5.32 Å². The Kier molecular flexibility index (Phi) is 3.21. The maximum Gasteiger partial charge on any atom is 0.259 e. The lowest BCUT2D eigenvalue weighted by molar-refractivity contribution is 0.0880. The molecule has 0 aliphatic carbocycles. The maximum atomic E-state index is 13.9. The van der Waals surface area contributed by atoms with Gasteiger partial charge in [-0.15, -0.1) is 0 Å². The number of hydrogen-bond donors (Lipinski definition) is 1. The number of imide groups is 1. The van der Waals surface area contributed by atoms with Gasteiger partial charge in [0.05, 0.1) is 16.6 Å². The minimum Gasteiger partial charge on any atom is -0.344 e. The summed E-state index contributed by atoms with van der Waals surface area (Å²) in [5.41, 5.74) is 3.29. The normalized spacial score (nSPS) is 13.4. The van der Waals surface area contributed by atoms with Crippen LogP contribution in [0.1, 0.15) is 20.7 Å². The van der Waals surface area contributed by atoms with Crippen LogP contribution in [0.5, 0.6) is 0 Å². The van der Waals surface area contributed by atoms with Gasteiger partial charge in [0.1, 0.15) is 5.82 Å². The van der Waals surface area contributed by atoms with Crippen molar-refractivity contribution < 1.29 is 14.0 Å². The van der Waals surface area contributed by atoms with E-state index in [9.17, 15) is 14.0 Å². The summed E-state index contributed by atoms with van der Waals surface area (Å²) in [6.45, 7) is 0. The van der Waals surface area contributed by atoms with Gasteiger partial charge >= 0.3 is 0 Å². The molecule has 0 radical (unpaired) electrons. The molecule has 1 N–H and O–H groups in total. The number of hydrogen-bond acceptors (Lipinski definition) is 2. The first kappa shape index (κ1) is 16.0. The van der Waals surface area contributed by atoms with Crippen molar-refractivity contribution in [3.8, 4) is 11.1 Å². The summed E-state index contributed by atoms with van der Waals surface area (Å²) in [6.07, 6.45) is 0. The van der Waals surface area contributed by atoms with Crippen LogP contribution in [0.25, 0.3) is 32.9 Å². The summed E-state index contributed by atoms with van der Waals surface area (Å²) in [4.78, 5) is 25.2. The Balaban J connectivity index is 2.04. The molecule has 0 bridgehead atoms. The molecule has 1 aliphatic heterocycles. The van der Waals surface area contributed by atoms with Gasteiger partial charge in [0.25, 0.3) is 11.8 Å². The molecule has 0 unspecified atom stereocenters. The largest absolute Gasteiger partial charge is 0.344 e. The minimum atomic E-state index is -0.481. The fraction of sp³-hybridized carbons (Fsp3) is 0.0476. The van der Waals surface area contributed by atoms with E-state index in [1.165, 1.54) is 12.1 Å². The third-order valence-electron chi connectivity index (χ3n) is 5.10. The summed E-state index contributed by atoms with van der Waals surface area (Å²) < 4.78 is 15.8. The van der Waals surface area contributed by atoms with Gasteiger partial charge < -0.3 is 4.57 Å². The third kappa shape index (κ3) is 2.09. The SMILES string of the molecule is Cn1c2ccc(F)cc2c2c3c(c(-c4ccccc4Cl)cc21)C(=O)NC3=O. The first-order valence-electron chi connectivity index (χ1n) is 8.32. The van der Waals surface area contributed by atoms with Gasteiger partial charge in [-0.25, -0.2) is 4.39 Å². The second-order valence-electron chi connectivity index (χ2n) is 6.55. The summed E-state index contributed by atoms with van der Waals surface area (Å²) in [5, 5.41) is 4.02. The highest BCUT2D eigenvalue weighted by atomic mass is 35.5. The number of rotatable bonds is 1. The van der Waals surface area contributed by atoms with Crippen molar-refractivity contribution in [2.75, 3.05) is 0 Å². The van der Waals surface area contributed by atoms with E-state index in [0.29, 0.717) is 26.9 Å². The van der Waals surface area contributed by atoms with E-state index < -0.39 is 17.6 Å². The van der Waals surface area contributed by atoms with Crippen LogP contribution in [-0.2, 0) is 7.05 Å². The van der Waals surface area contributed by atoms with Crippen molar-refractivity contribution in [1.29, 1.82) is 0 Å². The minimum absolute atomic E-state index is 0.267. The Morgan fingerprint density at radius 2 is 1.67 bits per heavy atom. The molecule has 3 aromatic carbocycles. The van der Waals surface area contributed by atoms with E-state index in [4.69, 9.17) is 11.6 Å². The van der Waals surface area contributed by atoms with Gasteiger partial charge in [0.15, 0.2) is 0 Å². The molecule has 0 saturated carbocycles. The predicted octanol–water partition coefficient (Wildman–Crippen LogP) is 4.67. The van der Waals surface area contributed by atoms with Gasteiger partial charge in [0.2, 0.25) is 0 Å². The molecule has 1 aromatic heterocycles. The molecule has 6 heteroatoms. The predicted molar refractivity (Wildman–Crippen MR) is 103 cm³/mol. The second kappa shape index (κ2) is 5.41. The molecule has 5 rings (SSSR count). The van der Waals surface area contributed by atoms with E-state index in [1.807, 2.05) is 29.8 Å². The topological polar surface area (TPSA) is 51.1 Å². The Hall–Kier alpha value is -3.18. The fourth-order valence-corrected chi connectivity index (χ4v) is 4.16. The van der Waals surface area contributed by atoms with E-state index in [2.05, 4.69) is 5.32 Å². The lowest BCUT2D eigenvalue weighted by Crippen LogP contribution is -2.20. The molecule has 1 aliphatic rings. The lowest BCUT2D eigenvalue weighted by Gasteiger charge is -2.10. The molecule has 132 valence electrons. The maximum absolute atomic E-state index is 13.9. The summed E-state index contributed by atoms with van der Waals surface area (Å²) in [7, 11) is 1.85. The Bertz CT molecular complexity index is 1320. The Morgan fingerprint density at radius 3 is 2.44 bits per heavy atom. The summed E-state index contributed by atoms with van der Waals surface area (Å²) >= 11 is 6.36. The van der Waals surface area contributed by atoms with Gasteiger partial charge in [-0.1, -0.05) is 29.8 Å². The van der Waals surface area contributed by atoms with E-state index in [-0.39, 0.29) is 11.1 Å². The first-order chi connectivity index (χ1) is 13.0. The number of carbonyl (C=O) groups excluding carboxylic acids is 2. The van der Waals surface area contributed by atoms with E-state index >= 15 is 0 Å². The van der Waals surface area contributed by atoms with Crippen LogP contribution in [0, 0.1) is 5.82 Å². The zero-order valence-corrected chi connectivity index (χ0v) is 14.9. The number of aromatic nitrogens is 1. The van der Waals surface area contributed by atoms with Crippen molar-refractivity contribution in [2.45, 2.75) is 0 Å². The second-order valence-corrected chi connectivity index (χ2v) is 6.96. The van der Waals surface area contributed by atoms with Gasteiger partial charge in [-0.3, -0.25) is 14.9 Å². The monoisotopic (exact) mass is 378 g/mol. The van der Waals surface area contributed by atoms with Crippen LogP contribution in [0.3, 0.4) is 0 Å². The molecule has 0 saturated heterocycles. The molecular weight excluding hydrogens is 367 g/mol. The molecule has 4 nitrogen and oxygen atoms in total. The molecule has 0 atom stereocenters. The van der Waals surface area contributed by atoms with Gasteiger partial charge in [-0.05, 0) is 35.9 Å². The van der Waals surface area contributed by atoms with Crippen molar-refractivity contribution in [2.24, 2.45) is 7.05 Å². The molecule has 2 amide bonds. The Labute approximate surface area is 158 Å². The van der Waals surface area contributed by atoms with Crippen LogP contribution in [0.15, 0.2) is 48.5 Å². The van der Waals surface area contributed by atoms with E-state index in [0.717, 1.165) is 11.0 Å². The van der Waals surface area contributed by atoms with Gasteiger partial charge in [-0.2, -0.15) is 0 Å². The average Bonchev–Trinajstić information content (AvgIpc) is 3.09. The van der Waals surface area contributed by atoms with Gasteiger partial charge in [0, 0.05) is 33.9 Å². The summed E-state index contributed by atoms with van der Waals surface area (Å²) in [5.74, 6) is -1.35. The number of nitrogens with one attached hydrogen (secondary N) is 1. The van der Waals surface area contributed by atoms with Crippen molar-refractivity contribution in [3.05, 3.63) is 70.5 Å². The molecule has 4 aromatic rings. The average molecular weight is 379 g/mol. The number of benzene rings is 3. The number of fused-ring (bicyclic) bond motifs is 5. The smallest absolute Gasteiger partial charge is 0.259 e. The molecule has 0 spiro atoms. The van der Waals surface area contributed by atoms with Crippen molar-refractivity contribution >= 4 is 45.2 Å². The standard InChI is InChI=1S/C21H12ClFN2O2/c1-25-15-7-6-10(23)8-13(15)17-16(25)9-12(11-4-2-3-5-14(11)22)18-19(17)21(27)24-20(18)26/h2-9H,1H3,(H,24,26,27). The van der Waals surface area contributed by atoms with Crippen molar-refractivity contribution in [1.82, 2.24) is 9.88 Å².